The van der Waals surface area contributed by atoms with E-state index < -0.39 is 5.41 Å². The van der Waals surface area contributed by atoms with Crippen molar-refractivity contribution in [3.63, 3.8) is 0 Å². The highest BCUT2D eigenvalue weighted by atomic mass is 16.5. The Morgan fingerprint density at radius 2 is 2.20 bits per heavy atom. The Kier molecular flexibility index (Phi) is 3.10. The lowest BCUT2D eigenvalue weighted by molar-refractivity contribution is -0.119. The zero-order valence-corrected chi connectivity index (χ0v) is 12.3. The first kappa shape index (κ1) is 13.6. The van der Waals surface area contributed by atoms with Gasteiger partial charge in [-0.15, -0.1) is 0 Å². The number of rotatable bonds is 2. The molecule has 0 saturated carbocycles. The number of ether oxygens (including phenoxy) is 1. The summed E-state index contributed by atoms with van der Waals surface area (Å²) < 4.78 is 5.71. The van der Waals surface area contributed by atoms with Crippen LogP contribution in [0.1, 0.15) is 49.4 Å². The summed E-state index contributed by atoms with van der Waals surface area (Å²) in [5, 5.41) is 3.01. The van der Waals surface area contributed by atoms with Gasteiger partial charge < -0.3 is 15.8 Å². The lowest BCUT2D eigenvalue weighted by Crippen LogP contribution is -2.27. The molecule has 0 aromatic heterocycles. The average molecular weight is 274 g/mol. The fourth-order valence-corrected chi connectivity index (χ4v) is 3.19. The van der Waals surface area contributed by atoms with Crippen molar-refractivity contribution in [2.75, 3.05) is 11.9 Å². The molecule has 2 heterocycles. The fourth-order valence-electron chi connectivity index (χ4n) is 3.19. The number of anilines is 1. The van der Waals surface area contributed by atoms with Crippen molar-refractivity contribution in [3.8, 4) is 0 Å². The molecule has 4 nitrogen and oxygen atoms in total. The SMILES string of the molecule is Cc1cc(C(N)C2CCCO2)c2c(c1)C(C)(C)C(=O)N2. The van der Waals surface area contributed by atoms with Crippen LogP contribution in [0.5, 0.6) is 0 Å². The van der Waals surface area contributed by atoms with E-state index in [-0.39, 0.29) is 18.1 Å². The van der Waals surface area contributed by atoms with Crippen molar-refractivity contribution < 1.29 is 9.53 Å². The first-order chi connectivity index (χ1) is 9.41. The van der Waals surface area contributed by atoms with E-state index in [2.05, 4.69) is 17.4 Å². The highest BCUT2D eigenvalue weighted by molar-refractivity contribution is 6.06. The second-order valence-corrected chi connectivity index (χ2v) is 6.43. The van der Waals surface area contributed by atoms with Crippen molar-refractivity contribution in [1.29, 1.82) is 0 Å². The second kappa shape index (κ2) is 4.57. The molecule has 3 rings (SSSR count). The molecule has 4 heteroatoms. The number of benzene rings is 1. The van der Waals surface area contributed by atoms with Crippen LogP contribution >= 0.6 is 0 Å². The third-order valence-electron chi connectivity index (χ3n) is 4.52. The summed E-state index contributed by atoms with van der Waals surface area (Å²) >= 11 is 0. The van der Waals surface area contributed by atoms with Gasteiger partial charge in [0.25, 0.3) is 0 Å². The number of hydrogen-bond donors (Lipinski definition) is 2. The van der Waals surface area contributed by atoms with Gasteiger partial charge in [0.1, 0.15) is 0 Å². The Bertz CT molecular complexity index is 560. The molecule has 2 atom stereocenters. The number of amides is 1. The highest BCUT2D eigenvalue weighted by Gasteiger charge is 2.41. The normalized spacial score (nSPS) is 25.4. The molecule has 0 bridgehead atoms. The van der Waals surface area contributed by atoms with E-state index in [9.17, 15) is 4.79 Å². The molecule has 1 aromatic carbocycles. The largest absolute Gasteiger partial charge is 0.376 e. The van der Waals surface area contributed by atoms with Gasteiger partial charge in [0, 0.05) is 12.3 Å². The second-order valence-electron chi connectivity index (χ2n) is 6.43. The van der Waals surface area contributed by atoms with Crippen LogP contribution in [0.4, 0.5) is 5.69 Å². The van der Waals surface area contributed by atoms with Gasteiger partial charge in [0.15, 0.2) is 0 Å². The van der Waals surface area contributed by atoms with Gasteiger partial charge in [-0.05, 0) is 44.7 Å². The number of aryl methyl sites for hydroxylation is 1. The minimum Gasteiger partial charge on any atom is -0.376 e. The molecule has 0 aliphatic carbocycles. The Hall–Kier alpha value is -1.39. The van der Waals surface area contributed by atoms with Crippen LogP contribution in [0.2, 0.25) is 0 Å². The molecule has 2 unspecified atom stereocenters. The maximum atomic E-state index is 12.2. The van der Waals surface area contributed by atoms with E-state index in [4.69, 9.17) is 10.5 Å². The molecule has 1 aromatic rings. The van der Waals surface area contributed by atoms with Crippen molar-refractivity contribution in [1.82, 2.24) is 0 Å². The number of nitrogens with two attached hydrogens (primary N) is 1. The van der Waals surface area contributed by atoms with Gasteiger partial charge in [-0.3, -0.25) is 4.79 Å². The summed E-state index contributed by atoms with van der Waals surface area (Å²) in [5.41, 5.74) is 9.99. The predicted octanol–water partition coefficient (Wildman–Crippen LogP) is 2.40. The summed E-state index contributed by atoms with van der Waals surface area (Å²) in [6.45, 7) is 6.74. The topological polar surface area (TPSA) is 64.3 Å². The molecule has 20 heavy (non-hydrogen) atoms. The highest BCUT2D eigenvalue weighted by Crippen LogP contribution is 2.43. The van der Waals surface area contributed by atoms with Crippen LogP contribution in [-0.2, 0) is 14.9 Å². The van der Waals surface area contributed by atoms with Crippen LogP contribution in [0, 0.1) is 6.92 Å². The number of hydrogen-bond acceptors (Lipinski definition) is 3. The van der Waals surface area contributed by atoms with E-state index in [0.29, 0.717) is 0 Å². The summed E-state index contributed by atoms with van der Waals surface area (Å²) in [6, 6.07) is 3.98. The zero-order valence-electron chi connectivity index (χ0n) is 12.3. The van der Waals surface area contributed by atoms with E-state index >= 15 is 0 Å². The smallest absolute Gasteiger partial charge is 0.234 e. The number of carbonyl (C=O) groups excluding carboxylic acids is 1. The molecular formula is C16H22N2O2. The summed E-state index contributed by atoms with van der Waals surface area (Å²) in [7, 11) is 0. The Labute approximate surface area is 119 Å². The van der Waals surface area contributed by atoms with Crippen LogP contribution in [0.25, 0.3) is 0 Å². The van der Waals surface area contributed by atoms with Gasteiger partial charge in [0.05, 0.1) is 17.6 Å². The Morgan fingerprint density at radius 3 is 2.85 bits per heavy atom. The molecule has 0 spiro atoms. The molecule has 2 aliphatic heterocycles. The zero-order chi connectivity index (χ0) is 14.5. The van der Waals surface area contributed by atoms with Crippen LogP contribution in [0.15, 0.2) is 12.1 Å². The maximum Gasteiger partial charge on any atom is 0.234 e. The van der Waals surface area contributed by atoms with Gasteiger partial charge >= 0.3 is 0 Å². The third-order valence-corrected chi connectivity index (χ3v) is 4.52. The molecule has 108 valence electrons. The maximum absolute atomic E-state index is 12.2. The van der Waals surface area contributed by atoms with Crippen LogP contribution in [-0.4, -0.2) is 18.6 Å². The van der Waals surface area contributed by atoms with Crippen molar-refractivity contribution in [2.24, 2.45) is 5.73 Å². The Morgan fingerprint density at radius 1 is 1.45 bits per heavy atom. The molecule has 2 aliphatic rings. The molecule has 1 saturated heterocycles. The van der Waals surface area contributed by atoms with E-state index in [1.165, 1.54) is 0 Å². The van der Waals surface area contributed by atoms with E-state index in [1.807, 2.05) is 20.8 Å². The number of carbonyl (C=O) groups is 1. The first-order valence-corrected chi connectivity index (χ1v) is 7.25. The third kappa shape index (κ3) is 1.95. The first-order valence-electron chi connectivity index (χ1n) is 7.25. The standard InChI is InChI=1S/C16H22N2O2/c1-9-7-10(13(17)12-5-4-6-20-12)14-11(8-9)16(2,3)15(19)18-14/h7-8,12-13H,4-6,17H2,1-3H3,(H,18,19). The molecule has 1 fully saturated rings. The monoisotopic (exact) mass is 274 g/mol. The van der Waals surface area contributed by atoms with Crippen molar-refractivity contribution in [3.05, 3.63) is 28.8 Å². The van der Waals surface area contributed by atoms with Gasteiger partial charge in [0.2, 0.25) is 5.91 Å². The van der Waals surface area contributed by atoms with Crippen LogP contribution in [0.3, 0.4) is 0 Å². The average Bonchev–Trinajstić information content (AvgIpc) is 2.99. The minimum absolute atomic E-state index is 0.0406. The minimum atomic E-state index is -0.494. The van der Waals surface area contributed by atoms with Gasteiger partial charge in [-0.1, -0.05) is 17.7 Å². The van der Waals surface area contributed by atoms with Crippen molar-refractivity contribution in [2.45, 2.75) is 51.2 Å². The van der Waals surface area contributed by atoms with E-state index in [0.717, 1.165) is 41.8 Å². The predicted molar refractivity (Wildman–Crippen MR) is 78.7 cm³/mol. The summed E-state index contributed by atoms with van der Waals surface area (Å²) in [4.78, 5) is 12.2. The van der Waals surface area contributed by atoms with Gasteiger partial charge in [-0.2, -0.15) is 0 Å². The summed E-state index contributed by atoms with van der Waals surface area (Å²) in [5.74, 6) is 0.0406. The molecule has 1 amide bonds. The molecule has 0 radical (unpaired) electrons. The van der Waals surface area contributed by atoms with Gasteiger partial charge in [-0.25, -0.2) is 0 Å². The lowest BCUT2D eigenvalue weighted by atomic mass is 9.83. The molecular weight excluding hydrogens is 252 g/mol. The number of nitrogens with one attached hydrogen (secondary N) is 1. The van der Waals surface area contributed by atoms with E-state index in [1.54, 1.807) is 0 Å². The van der Waals surface area contributed by atoms with Crippen LogP contribution < -0.4 is 11.1 Å². The lowest BCUT2D eigenvalue weighted by Gasteiger charge is -2.23. The van der Waals surface area contributed by atoms with Crippen molar-refractivity contribution >= 4 is 11.6 Å². The number of fused-ring (bicyclic) bond motifs is 1. The Balaban J connectivity index is 2.07. The fraction of sp³-hybridized carbons (Fsp3) is 0.562. The quantitative estimate of drug-likeness (QED) is 0.870. The summed E-state index contributed by atoms with van der Waals surface area (Å²) in [6.07, 6.45) is 2.10. The molecule has 3 N–H and O–H groups in total.